The Hall–Kier alpha value is -2.93. The molecule has 0 spiro atoms. The van der Waals surface area contributed by atoms with Gasteiger partial charge in [-0.1, -0.05) is 0 Å². The number of methoxy groups -OCH3 is 1. The van der Waals surface area contributed by atoms with Gasteiger partial charge >= 0.3 is 0 Å². The molecule has 0 atom stereocenters. The van der Waals surface area contributed by atoms with Crippen LogP contribution in [0.3, 0.4) is 0 Å². The smallest absolute Gasteiger partial charge is 0.261 e. The van der Waals surface area contributed by atoms with Crippen molar-refractivity contribution in [1.29, 1.82) is 0 Å². The number of ether oxygens (including phenoxy) is 1. The van der Waals surface area contributed by atoms with E-state index in [9.17, 15) is 8.42 Å². The molecule has 0 bridgehead atoms. The summed E-state index contributed by atoms with van der Waals surface area (Å²) in [5.74, 6) is 0.591. The topological polar surface area (TPSA) is 81.2 Å². The summed E-state index contributed by atoms with van der Waals surface area (Å²) in [7, 11) is -2.20. The van der Waals surface area contributed by atoms with E-state index < -0.39 is 10.0 Å². The predicted octanol–water partition coefficient (Wildman–Crippen LogP) is 2.95. The Morgan fingerprint density at radius 1 is 0.958 bits per heavy atom. The molecule has 0 saturated carbocycles. The number of hydrogen-bond donors (Lipinski definition) is 1. The van der Waals surface area contributed by atoms with Crippen molar-refractivity contribution >= 4 is 15.7 Å². The van der Waals surface area contributed by atoms with Crippen LogP contribution in [0.25, 0.3) is 11.3 Å². The fourth-order valence-electron chi connectivity index (χ4n) is 2.19. The summed E-state index contributed by atoms with van der Waals surface area (Å²) in [5.41, 5.74) is 1.72. The number of pyridine rings is 2. The molecule has 1 N–H and O–H groups in total. The number of nitrogens with zero attached hydrogens (tertiary/aromatic N) is 2. The zero-order chi connectivity index (χ0) is 17.0. The van der Waals surface area contributed by atoms with Gasteiger partial charge < -0.3 is 4.74 Å². The number of benzene rings is 1. The third-order valence-corrected chi connectivity index (χ3v) is 4.76. The van der Waals surface area contributed by atoms with Gasteiger partial charge in [-0.3, -0.25) is 14.7 Å². The van der Waals surface area contributed by atoms with Gasteiger partial charge in [0.1, 0.15) is 5.75 Å². The van der Waals surface area contributed by atoms with Crippen LogP contribution in [0.5, 0.6) is 5.75 Å². The zero-order valence-corrected chi connectivity index (χ0v) is 13.7. The Morgan fingerprint density at radius 2 is 1.67 bits per heavy atom. The van der Waals surface area contributed by atoms with Crippen molar-refractivity contribution in [2.75, 3.05) is 11.8 Å². The second-order valence-corrected chi connectivity index (χ2v) is 6.60. The van der Waals surface area contributed by atoms with Crippen LogP contribution in [-0.2, 0) is 10.0 Å². The van der Waals surface area contributed by atoms with Crippen LogP contribution >= 0.6 is 0 Å². The molecule has 1 aromatic carbocycles. The summed E-state index contributed by atoms with van der Waals surface area (Å²) in [6, 6.07) is 13.1. The Labute approximate surface area is 140 Å². The Bertz CT molecular complexity index is 927. The highest BCUT2D eigenvalue weighted by molar-refractivity contribution is 7.92. The van der Waals surface area contributed by atoms with Crippen LogP contribution in [0.1, 0.15) is 0 Å². The van der Waals surface area contributed by atoms with Gasteiger partial charge in [0.15, 0.2) is 0 Å². The molecule has 0 aliphatic carbocycles. The van der Waals surface area contributed by atoms with Crippen LogP contribution in [0.2, 0.25) is 0 Å². The summed E-state index contributed by atoms with van der Waals surface area (Å²) in [6.07, 6.45) is 4.87. The lowest BCUT2D eigenvalue weighted by Gasteiger charge is -2.12. The van der Waals surface area contributed by atoms with Crippen molar-refractivity contribution in [3.8, 4) is 17.0 Å². The molecule has 3 aromatic rings. The van der Waals surface area contributed by atoms with E-state index in [-0.39, 0.29) is 4.90 Å². The normalized spacial score (nSPS) is 11.0. The van der Waals surface area contributed by atoms with Crippen LogP contribution in [0.15, 0.2) is 72.0 Å². The molecule has 24 heavy (non-hydrogen) atoms. The second-order valence-electron chi connectivity index (χ2n) is 4.92. The lowest BCUT2D eigenvalue weighted by Crippen LogP contribution is -2.14. The molecular weight excluding hydrogens is 326 g/mol. The molecule has 0 amide bonds. The molecule has 0 aliphatic rings. The predicted molar refractivity (Wildman–Crippen MR) is 91.3 cm³/mol. The Morgan fingerprint density at radius 3 is 2.33 bits per heavy atom. The SMILES string of the molecule is COc1ccc(S(=O)(=O)Nc2cccnc2-c2ccncc2)cc1. The third kappa shape index (κ3) is 3.36. The van der Waals surface area contributed by atoms with Crippen LogP contribution in [-0.4, -0.2) is 25.5 Å². The summed E-state index contributed by atoms with van der Waals surface area (Å²) in [6.45, 7) is 0. The largest absolute Gasteiger partial charge is 0.497 e. The molecule has 2 aromatic heterocycles. The minimum Gasteiger partial charge on any atom is -0.497 e. The molecule has 0 saturated heterocycles. The summed E-state index contributed by atoms with van der Waals surface area (Å²) in [4.78, 5) is 8.39. The van der Waals surface area contributed by atoms with Crippen molar-refractivity contribution in [3.63, 3.8) is 0 Å². The maximum Gasteiger partial charge on any atom is 0.261 e. The molecule has 7 heteroatoms. The highest BCUT2D eigenvalue weighted by Crippen LogP contribution is 2.27. The number of anilines is 1. The minimum absolute atomic E-state index is 0.146. The first-order valence-electron chi connectivity index (χ1n) is 7.12. The average molecular weight is 341 g/mol. The molecule has 0 unspecified atom stereocenters. The van der Waals surface area contributed by atoms with Crippen molar-refractivity contribution in [3.05, 3.63) is 67.1 Å². The van der Waals surface area contributed by atoms with Gasteiger partial charge in [0, 0.05) is 24.2 Å². The van der Waals surface area contributed by atoms with Gasteiger partial charge in [0.05, 0.1) is 23.4 Å². The molecule has 0 aliphatic heterocycles. The van der Waals surface area contributed by atoms with Gasteiger partial charge in [-0.05, 0) is 48.5 Å². The molecule has 0 radical (unpaired) electrons. The molecule has 3 rings (SSSR count). The van der Waals surface area contributed by atoms with Crippen LogP contribution in [0, 0.1) is 0 Å². The van der Waals surface area contributed by atoms with Gasteiger partial charge in [0.25, 0.3) is 10.0 Å². The molecular formula is C17H15N3O3S. The van der Waals surface area contributed by atoms with E-state index in [1.165, 1.54) is 19.2 Å². The van der Waals surface area contributed by atoms with E-state index in [0.717, 1.165) is 5.56 Å². The lowest BCUT2D eigenvalue weighted by atomic mass is 10.1. The van der Waals surface area contributed by atoms with Gasteiger partial charge in [-0.2, -0.15) is 0 Å². The minimum atomic E-state index is -3.73. The first-order chi connectivity index (χ1) is 11.6. The second kappa shape index (κ2) is 6.67. The molecule has 2 heterocycles. The number of sulfonamides is 1. The maximum absolute atomic E-state index is 12.6. The van der Waals surface area contributed by atoms with Crippen molar-refractivity contribution in [1.82, 2.24) is 9.97 Å². The van der Waals surface area contributed by atoms with Gasteiger partial charge in [-0.15, -0.1) is 0 Å². The average Bonchev–Trinajstić information content (AvgIpc) is 2.63. The molecule has 0 fully saturated rings. The first kappa shape index (κ1) is 15.9. The van der Waals surface area contributed by atoms with E-state index in [0.29, 0.717) is 17.1 Å². The Balaban J connectivity index is 1.96. The van der Waals surface area contributed by atoms with Crippen molar-refractivity contribution < 1.29 is 13.2 Å². The lowest BCUT2D eigenvalue weighted by molar-refractivity contribution is 0.414. The number of aromatic nitrogens is 2. The highest BCUT2D eigenvalue weighted by atomic mass is 32.2. The van der Waals surface area contributed by atoms with E-state index >= 15 is 0 Å². The van der Waals surface area contributed by atoms with E-state index in [1.54, 1.807) is 55.0 Å². The number of hydrogen-bond acceptors (Lipinski definition) is 5. The molecule has 6 nitrogen and oxygen atoms in total. The first-order valence-corrected chi connectivity index (χ1v) is 8.61. The van der Waals surface area contributed by atoms with Crippen molar-refractivity contribution in [2.45, 2.75) is 4.90 Å². The summed E-state index contributed by atoms with van der Waals surface area (Å²) >= 11 is 0. The number of rotatable bonds is 5. The monoisotopic (exact) mass is 341 g/mol. The van der Waals surface area contributed by atoms with Gasteiger partial charge in [0.2, 0.25) is 0 Å². The highest BCUT2D eigenvalue weighted by Gasteiger charge is 2.17. The third-order valence-electron chi connectivity index (χ3n) is 3.38. The maximum atomic E-state index is 12.6. The number of nitrogens with one attached hydrogen (secondary N) is 1. The molecule has 122 valence electrons. The van der Waals surface area contributed by atoms with E-state index in [2.05, 4.69) is 14.7 Å². The van der Waals surface area contributed by atoms with Crippen LogP contribution in [0.4, 0.5) is 5.69 Å². The van der Waals surface area contributed by atoms with Gasteiger partial charge in [-0.25, -0.2) is 8.42 Å². The summed E-state index contributed by atoms with van der Waals surface area (Å²) in [5, 5.41) is 0. The fraction of sp³-hybridized carbons (Fsp3) is 0.0588. The van der Waals surface area contributed by atoms with E-state index in [1.807, 2.05) is 0 Å². The fourth-order valence-corrected chi connectivity index (χ4v) is 3.25. The zero-order valence-electron chi connectivity index (χ0n) is 12.9. The standard InChI is InChI=1S/C17H15N3O3S/c1-23-14-4-6-15(7-5-14)24(21,22)20-16-3-2-10-19-17(16)13-8-11-18-12-9-13/h2-12,20H,1H3. The quantitative estimate of drug-likeness (QED) is 0.771. The van der Waals surface area contributed by atoms with Crippen LogP contribution < -0.4 is 9.46 Å². The Kier molecular flexibility index (Phi) is 4.43. The van der Waals surface area contributed by atoms with E-state index in [4.69, 9.17) is 4.74 Å². The van der Waals surface area contributed by atoms with Crippen molar-refractivity contribution in [2.24, 2.45) is 0 Å². The summed E-state index contributed by atoms with van der Waals surface area (Å²) < 4.78 is 32.8.